The number of hydrogen-bond acceptors (Lipinski definition) is 2. The van der Waals surface area contributed by atoms with Crippen molar-refractivity contribution in [1.82, 2.24) is 10.2 Å². The van der Waals surface area contributed by atoms with E-state index in [2.05, 4.69) is 5.32 Å². The highest BCUT2D eigenvalue weighted by molar-refractivity contribution is 6.35. The number of nitrogens with one attached hydrogen (secondary N) is 1. The molecular formula is C15H21FN2O2. The number of likely N-dealkylation sites (N-methyl/N-ethyl adjacent to an activating group) is 1. The molecule has 0 bridgehead atoms. The molecule has 0 saturated carbocycles. The number of rotatable bonds is 3. The minimum absolute atomic E-state index is 0.00105. The predicted molar refractivity (Wildman–Crippen MR) is 75.4 cm³/mol. The van der Waals surface area contributed by atoms with E-state index in [9.17, 15) is 14.0 Å². The molecule has 1 aromatic carbocycles. The van der Waals surface area contributed by atoms with Crippen LogP contribution in [-0.2, 0) is 16.1 Å². The lowest BCUT2D eigenvalue weighted by atomic mass is 10.1. The second-order valence-corrected chi connectivity index (χ2v) is 5.49. The Morgan fingerprint density at radius 2 is 1.85 bits per heavy atom. The van der Waals surface area contributed by atoms with Gasteiger partial charge in [-0.15, -0.1) is 0 Å². The zero-order valence-corrected chi connectivity index (χ0v) is 12.4. The molecule has 0 aliphatic carbocycles. The summed E-state index contributed by atoms with van der Waals surface area (Å²) < 4.78 is 13.4. The average Bonchev–Trinajstić information content (AvgIpc) is 2.36. The number of benzene rings is 1. The van der Waals surface area contributed by atoms with Gasteiger partial charge in [-0.2, -0.15) is 0 Å². The molecule has 0 aliphatic heterocycles. The van der Waals surface area contributed by atoms with Crippen LogP contribution in [0.15, 0.2) is 24.3 Å². The summed E-state index contributed by atoms with van der Waals surface area (Å²) in [6.45, 7) is 7.83. The normalized spacial score (nSPS) is 11.1. The van der Waals surface area contributed by atoms with Crippen molar-refractivity contribution in [3.8, 4) is 0 Å². The molecular weight excluding hydrogens is 259 g/mol. The van der Waals surface area contributed by atoms with Crippen LogP contribution >= 0.6 is 0 Å². The van der Waals surface area contributed by atoms with Gasteiger partial charge in [0.1, 0.15) is 5.82 Å². The lowest BCUT2D eigenvalue weighted by Gasteiger charge is -2.34. The van der Waals surface area contributed by atoms with Crippen molar-refractivity contribution in [2.45, 2.75) is 39.8 Å². The van der Waals surface area contributed by atoms with E-state index in [1.54, 1.807) is 18.2 Å². The molecule has 4 nitrogen and oxygen atoms in total. The maximum atomic E-state index is 13.4. The summed E-state index contributed by atoms with van der Waals surface area (Å²) in [6, 6.07) is 6.14. The maximum Gasteiger partial charge on any atom is 0.312 e. The van der Waals surface area contributed by atoms with Gasteiger partial charge in [-0.1, -0.05) is 18.2 Å². The summed E-state index contributed by atoms with van der Waals surface area (Å²) in [5, 5.41) is 2.46. The second kappa shape index (κ2) is 6.50. The van der Waals surface area contributed by atoms with Crippen LogP contribution in [0.5, 0.6) is 0 Å². The minimum Gasteiger partial charge on any atom is -0.344 e. The van der Waals surface area contributed by atoms with Crippen molar-refractivity contribution >= 4 is 11.8 Å². The molecule has 0 unspecified atom stereocenters. The Hall–Kier alpha value is -1.91. The molecule has 5 heteroatoms. The van der Waals surface area contributed by atoms with Gasteiger partial charge in [-0.05, 0) is 33.8 Å². The van der Waals surface area contributed by atoms with Gasteiger partial charge in [0, 0.05) is 24.2 Å². The highest BCUT2D eigenvalue weighted by Gasteiger charge is 2.29. The third-order valence-corrected chi connectivity index (χ3v) is 2.96. The summed E-state index contributed by atoms with van der Waals surface area (Å²) in [4.78, 5) is 25.4. The standard InChI is InChI=1S/C15H21FN2O2/c1-5-18(15(2,3)4)14(20)13(19)17-10-11-8-6-7-9-12(11)16/h6-9H,5,10H2,1-4H3,(H,17,19). The van der Waals surface area contributed by atoms with Crippen molar-refractivity contribution in [2.75, 3.05) is 6.54 Å². The maximum absolute atomic E-state index is 13.4. The first-order chi connectivity index (χ1) is 9.27. The number of carbonyl (C=O) groups excluding carboxylic acids is 2. The lowest BCUT2D eigenvalue weighted by Crippen LogP contribution is -2.51. The third-order valence-electron chi connectivity index (χ3n) is 2.96. The van der Waals surface area contributed by atoms with Crippen LogP contribution in [0, 0.1) is 5.82 Å². The number of amides is 2. The molecule has 1 N–H and O–H groups in total. The molecule has 1 rings (SSSR count). The van der Waals surface area contributed by atoms with Gasteiger partial charge < -0.3 is 10.2 Å². The number of halogens is 1. The van der Waals surface area contributed by atoms with Crippen molar-refractivity contribution in [1.29, 1.82) is 0 Å². The number of nitrogens with zero attached hydrogens (tertiary/aromatic N) is 1. The van der Waals surface area contributed by atoms with Crippen LogP contribution in [0.3, 0.4) is 0 Å². The summed E-state index contributed by atoms with van der Waals surface area (Å²) in [5.41, 5.74) is -0.0753. The van der Waals surface area contributed by atoms with Gasteiger partial charge >= 0.3 is 11.8 Å². The van der Waals surface area contributed by atoms with E-state index < -0.39 is 23.2 Å². The van der Waals surface area contributed by atoms with Crippen molar-refractivity contribution in [2.24, 2.45) is 0 Å². The first-order valence-corrected chi connectivity index (χ1v) is 6.60. The molecule has 0 aromatic heterocycles. The van der Waals surface area contributed by atoms with Crippen LogP contribution in [0.25, 0.3) is 0 Å². The molecule has 0 atom stereocenters. The van der Waals surface area contributed by atoms with Crippen LogP contribution in [0.1, 0.15) is 33.3 Å². The van der Waals surface area contributed by atoms with Crippen LogP contribution < -0.4 is 5.32 Å². The Morgan fingerprint density at radius 3 is 2.35 bits per heavy atom. The summed E-state index contributed by atoms with van der Waals surface area (Å²) in [6.07, 6.45) is 0. The van der Waals surface area contributed by atoms with Crippen molar-refractivity contribution in [3.63, 3.8) is 0 Å². The molecule has 1 aromatic rings. The van der Waals surface area contributed by atoms with Gasteiger partial charge in [0.25, 0.3) is 0 Å². The van der Waals surface area contributed by atoms with Gasteiger partial charge in [0.05, 0.1) is 0 Å². The molecule has 0 saturated heterocycles. The molecule has 0 heterocycles. The largest absolute Gasteiger partial charge is 0.344 e. The highest BCUT2D eigenvalue weighted by Crippen LogP contribution is 2.13. The third kappa shape index (κ3) is 4.05. The fourth-order valence-corrected chi connectivity index (χ4v) is 1.94. The lowest BCUT2D eigenvalue weighted by molar-refractivity contribution is -0.149. The fourth-order valence-electron chi connectivity index (χ4n) is 1.94. The molecule has 0 spiro atoms. The predicted octanol–water partition coefficient (Wildman–Crippen LogP) is 2.09. The van der Waals surface area contributed by atoms with E-state index in [4.69, 9.17) is 0 Å². The van der Waals surface area contributed by atoms with Crippen molar-refractivity contribution < 1.29 is 14.0 Å². The van der Waals surface area contributed by atoms with E-state index in [-0.39, 0.29) is 6.54 Å². The van der Waals surface area contributed by atoms with E-state index in [1.165, 1.54) is 11.0 Å². The topological polar surface area (TPSA) is 49.4 Å². The molecule has 2 amide bonds. The summed E-state index contributed by atoms with van der Waals surface area (Å²) in [5.74, 6) is -1.72. The molecule has 20 heavy (non-hydrogen) atoms. The first-order valence-electron chi connectivity index (χ1n) is 6.60. The van der Waals surface area contributed by atoms with Crippen LogP contribution in [0.2, 0.25) is 0 Å². The van der Waals surface area contributed by atoms with Crippen LogP contribution in [-0.4, -0.2) is 28.8 Å². The Bertz CT molecular complexity index is 495. The Morgan fingerprint density at radius 1 is 1.25 bits per heavy atom. The van der Waals surface area contributed by atoms with E-state index in [0.717, 1.165) is 0 Å². The van der Waals surface area contributed by atoms with E-state index >= 15 is 0 Å². The van der Waals surface area contributed by atoms with Gasteiger partial charge in [0.2, 0.25) is 0 Å². The highest BCUT2D eigenvalue weighted by atomic mass is 19.1. The second-order valence-electron chi connectivity index (χ2n) is 5.49. The van der Waals surface area contributed by atoms with Crippen molar-refractivity contribution in [3.05, 3.63) is 35.6 Å². The first kappa shape index (κ1) is 16.1. The smallest absolute Gasteiger partial charge is 0.312 e. The Kier molecular flexibility index (Phi) is 5.25. The van der Waals surface area contributed by atoms with Gasteiger partial charge in [-0.3, -0.25) is 9.59 Å². The Balaban J connectivity index is 2.67. The summed E-state index contributed by atoms with van der Waals surface area (Å²) >= 11 is 0. The average molecular weight is 280 g/mol. The monoisotopic (exact) mass is 280 g/mol. The van der Waals surface area contributed by atoms with E-state index in [1.807, 2.05) is 27.7 Å². The van der Waals surface area contributed by atoms with Gasteiger partial charge in [0.15, 0.2) is 0 Å². The Labute approximate surface area is 119 Å². The molecule has 0 aliphatic rings. The fraction of sp³-hybridized carbons (Fsp3) is 0.467. The summed E-state index contributed by atoms with van der Waals surface area (Å²) in [7, 11) is 0. The molecule has 110 valence electrons. The SMILES string of the molecule is CCN(C(=O)C(=O)NCc1ccccc1F)C(C)(C)C. The molecule has 0 radical (unpaired) electrons. The number of hydrogen-bond donors (Lipinski definition) is 1. The number of carbonyl (C=O) groups is 2. The van der Waals surface area contributed by atoms with E-state index in [0.29, 0.717) is 12.1 Å². The zero-order chi connectivity index (χ0) is 15.3. The molecule has 0 fully saturated rings. The quantitative estimate of drug-likeness (QED) is 0.862. The zero-order valence-electron chi connectivity index (χ0n) is 12.4. The van der Waals surface area contributed by atoms with Gasteiger partial charge in [-0.25, -0.2) is 4.39 Å². The van der Waals surface area contributed by atoms with Crippen LogP contribution in [0.4, 0.5) is 4.39 Å². The minimum atomic E-state index is -0.718.